The summed E-state index contributed by atoms with van der Waals surface area (Å²) < 4.78 is 11.1. The summed E-state index contributed by atoms with van der Waals surface area (Å²) in [5, 5.41) is 9.29. The SMILES string of the molecule is O=C(NC1CCC(CC2CCOCC2)CC1)O[C@@H]1CCN(c2cn[nH]c(=O)c2Cl)C1. The number of aromatic nitrogens is 2. The number of amides is 1. The number of H-pyrrole nitrogens is 1. The van der Waals surface area contributed by atoms with Crippen LogP contribution in [0.3, 0.4) is 0 Å². The first-order chi connectivity index (χ1) is 14.6. The van der Waals surface area contributed by atoms with E-state index in [2.05, 4.69) is 15.5 Å². The molecule has 2 N–H and O–H groups in total. The molecule has 1 saturated carbocycles. The van der Waals surface area contributed by atoms with E-state index in [0.717, 1.165) is 37.9 Å². The standard InChI is InChI=1S/C21H31ClN4O4/c22-19-18(12-23-25-20(19)27)26-8-5-17(13-26)30-21(28)24-16-3-1-14(2-4-16)11-15-6-9-29-10-7-15/h12,14-17H,1-11,13H2,(H,24,28)(H,25,27)/t14?,16?,17-/m1/s1. The Morgan fingerprint density at radius 2 is 1.93 bits per heavy atom. The molecule has 0 bridgehead atoms. The molecular weight excluding hydrogens is 408 g/mol. The van der Waals surface area contributed by atoms with Gasteiger partial charge in [-0.1, -0.05) is 11.6 Å². The molecule has 1 aliphatic carbocycles. The molecule has 3 fully saturated rings. The number of ether oxygens (including phenoxy) is 2. The van der Waals surface area contributed by atoms with Crippen molar-refractivity contribution in [1.82, 2.24) is 15.5 Å². The predicted octanol–water partition coefficient (Wildman–Crippen LogP) is 3.10. The lowest BCUT2D eigenvalue weighted by atomic mass is 9.79. The lowest BCUT2D eigenvalue weighted by molar-refractivity contribution is 0.0550. The third-order valence-corrected chi connectivity index (χ3v) is 7.08. The number of aromatic amines is 1. The van der Waals surface area contributed by atoms with E-state index in [4.69, 9.17) is 21.1 Å². The van der Waals surface area contributed by atoms with Gasteiger partial charge >= 0.3 is 6.09 Å². The van der Waals surface area contributed by atoms with Crippen LogP contribution in [-0.2, 0) is 9.47 Å². The van der Waals surface area contributed by atoms with E-state index in [-0.39, 0.29) is 23.3 Å². The Morgan fingerprint density at radius 1 is 1.20 bits per heavy atom. The number of carbonyl (C=O) groups excluding carboxylic acids is 1. The lowest BCUT2D eigenvalue weighted by Crippen LogP contribution is -2.40. The van der Waals surface area contributed by atoms with Crippen LogP contribution < -0.4 is 15.8 Å². The maximum absolute atomic E-state index is 12.4. The molecule has 30 heavy (non-hydrogen) atoms. The largest absolute Gasteiger partial charge is 0.444 e. The second-order valence-electron chi connectivity index (χ2n) is 8.81. The van der Waals surface area contributed by atoms with Gasteiger partial charge in [-0.05, 0) is 56.8 Å². The van der Waals surface area contributed by atoms with Gasteiger partial charge in [-0.3, -0.25) is 4.79 Å². The Balaban J connectivity index is 1.17. The van der Waals surface area contributed by atoms with E-state index in [0.29, 0.717) is 25.2 Å². The Labute approximate surface area is 181 Å². The molecule has 1 aromatic heterocycles. The van der Waals surface area contributed by atoms with Gasteiger partial charge in [-0.2, -0.15) is 5.10 Å². The van der Waals surface area contributed by atoms with Gasteiger partial charge in [0, 0.05) is 32.2 Å². The monoisotopic (exact) mass is 438 g/mol. The van der Waals surface area contributed by atoms with Crippen molar-refractivity contribution in [3.05, 3.63) is 21.6 Å². The number of hydrogen-bond donors (Lipinski definition) is 2. The van der Waals surface area contributed by atoms with E-state index in [1.54, 1.807) is 0 Å². The van der Waals surface area contributed by atoms with Crippen LogP contribution in [0.4, 0.5) is 10.5 Å². The van der Waals surface area contributed by atoms with Crippen molar-refractivity contribution in [3.63, 3.8) is 0 Å². The predicted molar refractivity (Wildman–Crippen MR) is 114 cm³/mol. The highest BCUT2D eigenvalue weighted by Gasteiger charge is 2.30. The summed E-state index contributed by atoms with van der Waals surface area (Å²) in [6, 6.07) is 0.201. The highest BCUT2D eigenvalue weighted by Crippen LogP contribution is 2.33. The average Bonchev–Trinajstić information content (AvgIpc) is 3.20. The topological polar surface area (TPSA) is 96.6 Å². The van der Waals surface area contributed by atoms with E-state index >= 15 is 0 Å². The van der Waals surface area contributed by atoms with E-state index in [9.17, 15) is 9.59 Å². The van der Waals surface area contributed by atoms with Gasteiger partial charge in [0.2, 0.25) is 0 Å². The molecule has 0 spiro atoms. The minimum atomic E-state index is -0.413. The first-order valence-corrected chi connectivity index (χ1v) is 11.5. The molecule has 3 heterocycles. The molecule has 2 aliphatic heterocycles. The number of anilines is 1. The molecule has 3 aliphatic rings. The van der Waals surface area contributed by atoms with Crippen LogP contribution in [0.15, 0.2) is 11.0 Å². The van der Waals surface area contributed by atoms with Crippen LogP contribution >= 0.6 is 11.6 Å². The minimum Gasteiger partial charge on any atom is -0.444 e. The minimum absolute atomic E-state index is 0.118. The van der Waals surface area contributed by atoms with Crippen molar-refractivity contribution >= 4 is 23.4 Å². The maximum Gasteiger partial charge on any atom is 0.407 e. The van der Waals surface area contributed by atoms with Crippen molar-refractivity contribution in [2.75, 3.05) is 31.2 Å². The zero-order valence-corrected chi connectivity index (χ0v) is 18.0. The zero-order chi connectivity index (χ0) is 20.9. The summed E-state index contributed by atoms with van der Waals surface area (Å²) in [5.74, 6) is 1.59. The molecule has 9 heteroatoms. The summed E-state index contributed by atoms with van der Waals surface area (Å²) in [6.07, 6.45) is 9.76. The lowest BCUT2D eigenvalue weighted by Gasteiger charge is -2.32. The number of rotatable bonds is 5. The van der Waals surface area contributed by atoms with Crippen LogP contribution in [0.5, 0.6) is 0 Å². The van der Waals surface area contributed by atoms with Gasteiger partial charge in [0.05, 0.1) is 18.4 Å². The Hall–Kier alpha value is -1.80. The van der Waals surface area contributed by atoms with Gasteiger partial charge in [0.25, 0.3) is 5.56 Å². The van der Waals surface area contributed by atoms with Crippen molar-refractivity contribution in [3.8, 4) is 0 Å². The molecule has 0 aromatic carbocycles. The maximum atomic E-state index is 12.4. The Kier molecular flexibility index (Phi) is 7.15. The van der Waals surface area contributed by atoms with E-state index in [1.807, 2.05) is 4.90 Å². The van der Waals surface area contributed by atoms with Crippen LogP contribution in [0, 0.1) is 11.8 Å². The first kappa shape index (κ1) is 21.4. The van der Waals surface area contributed by atoms with Crippen molar-refractivity contribution in [2.24, 2.45) is 11.8 Å². The van der Waals surface area contributed by atoms with Gasteiger partial charge in [0.15, 0.2) is 0 Å². The zero-order valence-electron chi connectivity index (χ0n) is 17.3. The summed E-state index contributed by atoms with van der Waals surface area (Å²) >= 11 is 6.08. The Morgan fingerprint density at radius 3 is 2.70 bits per heavy atom. The highest BCUT2D eigenvalue weighted by atomic mass is 35.5. The fourth-order valence-electron chi connectivity index (χ4n) is 4.99. The highest BCUT2D eigenvalue weighted by molar-refractivity contribution is 6.33. The normalized spacial score (nSPS) is 27.8. The smallest absolute Gasteiger partial charge is 0.407 e. The van der Waals surface area contributed by atoms with Gasteiger partial charge in [-0.25, -0.2) is 9.89 Å². The van der Waals surface area contributed by atoms with Crippen LogP contribution in [0.25, 0.3) is 0 Å². The summed E-state index contributed by atoms with van der Waals surface area (Å²) in [5.41, 5.74) is 0.165. The third kappa shape index (κ3) is 5.46. The average molecular weight is 439 g/mol. The molecule has 1 aromatic rings. The summed E-state index contributed by atoms with van der Waals surface area (Å²) in [6.45, 7) is 3.00. The number of hydrogen-bond acceptors (Lipinski definition) is 6. The second kappa shape index (κ2) is 10.0. The van der Waals surface area contributed by atoms with Crippen LogP contribution in [0.1, 0.15) is 51.4 Å². The molecule has 8 nitrogen and oxygen atoms in total. The van der Waals surface area contributed by atoms with Gasteiger partial charge in [0.1, 0.15) is 11.1 Å². The molecular formula is C21H31ClN4O4. The van der Waals surface area contributed by atoms with Crippen LogP contribution in [0.2, 0.25) is 5.02 Å². The van der Waals surface area contributed by atoms with Gasteiger partial charge < -0.3 is 19.7 Å². The molecule has 0 unspecified atom stereocenters. The fourth-order valence-corrected chi connectivity index (χ4v) is 5.20. The molecule has 2 saturated heterocycles. The Bertz CT molecular complexity index is 775. The van der Waals surface area contributed by atoms with Gasteiger partial charge in [-0.15, -0.1) is 0 Å². The number of nitrogens with zero attached hydrogens (tertiary/aromatic N) is 2. The van der Waals surface area contributed by atoms with Crippen molar-refractivity contribution in [2.45, 2.75) is 63.5 Å². The van der Waals surface area contributed by atoms with E-state index < -0.39 is 5.56 Å². The molecule has 166 valence electrons. The van der Waals surface area contributed by atoms with Crippen molar-refractivity contribution < 1.29 is 14.3 Å². The molecule has 4 rings (SSSR count). The number of nitrogens with one attached hydrogen (secondary N) is 2. The van der Waals surface area contributed by atoms with Crippen molar-refractivity contribution in [1.29, 1.82) is 0 Å². The number of carbonyl (C=O) groups is 1. The quantitative estimate of drug-likeness (QED) is 0.733. The first-order valence-electron chi connectivity index (χ1n) is 11.1. The molecule has 0 radical (unpaired) electrons. The molecule has 1 amide bonds. The van der Waals surface area contributed by atoms with E-state index in [1.165, 1.54) is 38.3 Å². The summed E-state index contributed by atoms with van der Waals surface area (Å²) in [7, 11) is 0. The number of alkyl carbamates (subject to hydrolysis) is 1. The third-order valence-electron chi connectivity index (χ3n) is 6.71. The summed E-state index contributed by atoms with van der Waals surface area (Å²) in [4.78, 5) is 25.9. The fraction of sp³-hybridized carbons (Fsp3) is 0.762. The molecule has 1 atom stereocenters. The van der Waals surface area contributed by atoms with Crippen LogP contribution in [-0.4, -0.2) is 54.7 Å². The second-order valence-corrected chi connectivity index (χ2v) is 9.19. The number of halogens is 1.